The van der Waals surface area contributed by atoms with E-state index in [2.05, 4.69) is 19.2 Å². The zero-order valence-electron chi connectivity index (χ0n) is 7.19. The Kier molecular flexibility index (Phi) is 3.20. The van der Waals surface area contributed by atoms with E-state index < -0.39 is 0 Å². The highest BCUT2D eigenvalue weighted by Gasteiger charge is 2.15. The van der Waals surface area contributed by atoms with Crippen molar-refractivity contribution >= 4 is 0 Å². The highest BCUT2D eigenvalue weighted by Crippen LogP contribution is 2.19. The Bertz CT molecular complexity index is 84.7. The molecule has 1 aliphatic heterocycles. The molecular weight excluding hydrogens is 122 g/mol. The van der Waals surface area contributed by atoms with Crippen LogP contribution in [0.2, 0.25) is 0 Å². The van der Waals surface area contributed by atoms with Crippen molar-refractivity contribution in [2.24, 2.45) is 11.8 Å². The van der Waals surface area contributed by atoms with Crippen LogP contribution in [0.15, 0.2) is 0 Å². The average Bonchev–Trinajstić information content (AvgIpc) is 2.40. The van der Waals surface area contributed by atoms with Gasteiger partial charge in [0, 0.05) is 0 Å². The monoisotopic (exact) mass is 141 g/mol. The van der Waals surface area contributed by atoms with Gasteiger partial charge in [0.15, 0.2) is 0 Å². The molecular formula is C9H19N. The molecule has 0 aromatic carbocycles. The smallest absolute Gasteiger partial charge is 0.00199 e. The van der Waals surface area contributed by atoms with Crippen LogP contribution in [0.4, 0.5) is 0 Å². The lowest BCUT2D eigenvalue weighted by molar-refractivity contribution is 0.405. The molecule has 1 nitrogen and oxygen atoms in total. The summed E-state index contributed by atoms with van der Waals surface area (Å²) in [6.45, 7) is 7.16. The van der Waals surface area contributed by atoms with Crippen LogP contribution >= 0.6 is 0 Å². The standard InChI is InChI=1S/C9H19N/c1-3-8(2)6-9-4-5-10-7-9/h8-10H,3-7H2,1-2H3/t8-,9+/m1/s1. The minimum absolute atomic E-state index is 0.935. The van der Waals surface area contributed by atoms with Crippen LogP contribution < -0.4 is 5.32 Å². The van der Waals surface area contributed by atoms with E-state index in [-0.39, 0.29) is 0 Å². The summed E-state index contributed by atoms with van der Waals surface area (Å²) in [6, 6.07) is 0. The highest BCUT2D eigenvalue weighted by atomic mass is 14.9. The van der Waals surface area contributed by atoms with Crippen LogP contribution in [0.5, 0.6) is 0 Å². The summed E-state index contributed by atoms with van der Waals surface area (Å²) in [7, 11) is 0. The predicted molar refractivity (Wildman–Crippen MR) is 45.0 cm³/mol. The fourth-order valence-electron chi connectivity index (χ4n) is 1.65. The summed E-state index contributed by atoms with van der Waals surface area (Å²) in [4.78, 5) is 0. The van der Waals surface area contributed by atoms with Crippen LogP contribution in [0.3, 0.4) is 0 Å². The number of hydrogen-bond acceptors (Lipinski definition) is 1. The molecule has 0 aliphatic carbocycles. The van der Waals surface area contributed by atoms with Gasteiger partial charge < -0.3 is 5.32 Å². The van der Waals surface area contributed by atoms with Gasteiger partial charge in [0.05, 0.1) is 0 Å². The molecule has 2 atom stereocenters. The summed E-state index contributed by atoms with van der Waals surface area (Å²) < 4.78 is 0. The van der Waals surface area contributed by atoms with Gasteiger partial charge in [0.25, 0.3) is 0 Å². The second-order valence-corrected chi connectivity index (χ2v) is 3.61. The Balaban J connectivity index is 2.11. The van der Waals surface area contributed by atoms with E-state index in [9.17, 15) is 0 Å². The Morgan fingerprint density at radius 3 is 2.90 bits per heavy atom. The number of rotatable bonds is 3. The second kappa shape index (κ2) is 3.97. The fourth-order valence-corrected chi connectivity index (χ4v) is 1.65. The summed E-state index contributed by atoms with van der Waals surface area (Å²) >= 11 is 0. The maximum absolute atomic E-state index is 3.40. The Hall–Kier alpha value is -0.0400. The topological polar surface area (TPSA) is 12.0 Å². The summed E-state index contributed by atoms with van der Waals surface area (Å²) in [5.41, 5.74) is 0. The maximum Gasteiger partial charge on any atom is -0.00199 e. The molecule has 0 bridgehead atoms. The Morgan fingerprint density at radius 1 is 1.60 bits per heavy atom. The van der Waals surface area contributed by atoms with Crippen LogP contribution in [-0.4, -0.2) is 13.1 Å². The molecule has 0 saturated carbocycles. The third-order valence-corrected chi connectivity index (χ3v) is 2.60. The van der Waals surface area contributed by atoms with E-state index in [1.807, 2.05) is 0 Å². The molecule has 1 heteroatoms. The molecule has 0 aromatic heterocycles. The second-order valence-electron chi connectivity index (χ2n) is 3.61. The lowest BCUT2D eigenvalue weighted by Gasteiger charge is -2.12. The molecule has 10 heavy (non-hydrogen) atoms. The number of hydrogen-bond donors (Lipinski definition) is 1. The van der Waals surface area contributed by atoms with Gasteiger partial charge in [-0.2, -0.15) is 0 Å². The van der Waals surface area contributed by atoms with E-state index in [1.165, 1.54) is 32.4 Å². The first-order valence-electron chi connectivity index (χ1n) is 4.53. The SMILES string of the molecule is CC[C@@H](C)C[C@@H]1CCNC1. The lowest BCUT2D eigenvalue weighted by atomic mass is 9.94. The molecule has 0 spiro atoms. The van der Waals surface area contributed by atoms with Crippen molar-refractivity contribution in [3.05, 3.63) is 0 Å². The Labute approximate surface area is 64.2 Å². The predicted octanol–water partition coefficient (Wildman–Crippen LogP) is 2.03. The molecule has 1 rings (SSSR count). The third kappa shape index (κ3) is 2.30. The summed E-state index contributed by atoms with van der Waals surface area (Å²) in [5, 5.41) is 3.40. The van der Waals surface area contributed by atoms with Gasteiger partial charge in [0.2, 0.25) is 0 Å². The third-order valence-electron chi connectivity index (χ3n) is 2.60. The largest absolute Gasteiger partial charge is 0.316 e. The van der Waals surface area contributed by atoms with E-state index in [1.54, 1.807) is 0 Å². The minimum Gasteiger partial charge on any atom is -0.316 e. The molecule has 1 N–H and O–H groups in total. The zero-order chi connectivity index (χ0) is 7.40. The van der Waals surface area contributed by atoms with Gasteiger partial charge in [0.1, 0.15) is 0 Å². The normalized spacial score (nSPS) is 28.8. The highest BCUT2D eigenvalue weighted by molar-refractivity contribution is 4.72. The minimum atomic E-state index is 0.935. The van der Waals surface area contributed by atoms with Crippen LogP contribution in [0, 0.1) is 11.8 Å². The molecule has 0 amide bonds. The van der Waals surface area contributed by atoms with E-state index in [4.69, 9.17) is 0 Å². The van der Waals surface area contributed by atoms with Crippen molar-refractivity contribution in [2.75, 3.05) is 13.1 Å². The van der Waals surface area contributed by atoms with Crippen molar-refractivity contribution in [2.45, 2.75) is 33.1 Å². The van der Waals surface area contributed by atoms with Gasteiger partial charge in [-0.15, -0.1) is 0 Å². The molecule has 1 heterocycles. The van der Waals surface area contributed by atoms with Gasteiger partial charge in [-0.3, -0.25) is 0 Å². The molecule has 1 fully saturated rings. The van der Waals surface area contributed by atoms with Gasteiger partial charge in [-0.25, -0.2) is 0 Å². The van der Waals surface area contributed by atoms with Crippen molar-refractivity contribution in [1.29, 1.82) is 0 Å². The first-order valence-corrected chi connectivity index (χ1v) is 4.53. The van der Waals surface area contributed by atoms with Crippen molar-refractivity contribution in [3.8, 4) is 0 Å². The quantitative estimate of drug-likeness (QED) is 0.634. The first-order chi connectivity index (χ1) is 4.83. The van der Waals surface area contributed by atoms with E-state index in [0.29, 0.717) is 0 Å². The first kappa shape index (κ1) is 8.06. The maximum atomic E-state index is 3.40. The van der Waals surface area contributed by atoms with Gasteiger partial charge >= 0.3 is 0 Å². The molecule has 1 aliphatic rings. The Morgan fingerprint density at radius 2 is 2.40 bits per heavy atom. The van der Waals surface area contributed by atoms with Crippen LogP contribution in [0.25, 0.3) is 0 Å². The van der Waals surface area contributed by atoms with Crippen molar-refractivity contribution < 1.29 is 0 Å². The molecule has 0 aromatic rings. The zero-order valence-corrected chi connectivity index (χ0v) is 7.19. The summed E-state index contributed by atoms with van der Waals surface area (Å²) in [5.74, 6) is 1.92. The molecule has 60 valence electrons. The van der Waals surface area contributed by atoms with Crippen molar-refractivity contribution in [3.63, 3.8) is 0 Å². The van der Waals surface area contributed by atoms with E-state index in [0.717, 1.165) is 11.8 Å². The van der Waals surface area contributed by atoms with Gasteiger partial charge in [-0.1, -0.05) is 20.3 Å². The number of nitrogens with one attached hydrogen (secondary N) is 1. The fraction of sp³-hybridized carbons (Fsp3) is 1.00. The molecule has 0 radical (unpaired) electrons. The van der Waals surface area contributed by atoms with Crippen molar-refractivity contribution in [1.82, 2.24) is 5.32 Å². The van der Waals surface area contributed by atoms with Crippen LogP contribution in [-0.2, 0) is 0 Å². The molecule has 1 saturated heterocycles. The van der Waals surface area contributed by atoms with E-state index >= 15 is 0 Å². The van der Waals surface area contributed by atoms with Gasteiger partial charge in [-0.05, 0) is 37.8 Å². The average molecular weight is 141 g/mol. The summed E-state index contributed by atoms with van der Waals surface area (Å²) in [6.07, 6.45) is 4.18. The molecule has 0 unspecified atom stereocenters. The van der Waals surface area contributed by atoms with Crippen LogP contribution in [0.1, 0.15) is 33.1 Å². The lowest BCUT2D eigenvalue weighted by Crippen LogP contribution is -2.11.